The molecule has 2 aromatic rings. The predicted molar refractivity (Wildman–Crippen MR) is 109 cm³/mol. The Labute approximate surface area is 173 Å². The predicted octanol–water partition coefficient (Wildman–Crippen LogP) is 4.96. The summed E-state index contributed by atoms with van der Waals surface area (Å²) in [5.74, 6) is 0. The van der Waals surface area contributed by atoms with Gasteiger partial charge in [0.2, 0.25) is 0 Å². The van der Waals surface area contributed by atoms with Crippen molar-refractivity contribution in [3.63, 3.8) is 0 Å². The van der Waals surface area contributed by atoms with Crippen LogP contribution in [0.3, 0.4) is 0 Å². The van der Waals surface area contributed by atoms with E-state index in [0.29, 0.717) is 0 Å². The van der Waals surface area contributed by atoms with Crippen molar-refractivity contribution in [2.75, 3.05) is 18.6 Å². The molecule has 26 heavy (non-hydrogen) atoms. The number of benzene rings is 1. The number of rotatable bonds is 1. The topological polar surface area (TPSA) is 39.6 Å². The summed E-state index contributed by atoms with van der Waals surface area (Å²) in [6.45, 7) is 11.9. The zero-order chi connectivity index (χ0) is 19.3. The number of hydrogen-bond donors (Lipinski definition) is 1. The van der Waals surface area contributed by atoms with Gasteiger partial charge >= 0.3 is 0 Å². The molecule has 0 unspecified atom stereocenters. The van der Waals surface area contributed by atoms with Crippen LogP contribution in [0.15, 0.2) is 67.3 Å². The van der Waals surface area contributed by atoms with Crippen LogP contribution in [0.4, 0.5) is 5.69 Å². The van der Waals surface area contributed by atoms with Crippen molar-refractivity contribution in [1.29, 1.82) is 0 Å². The van der Waals surface area contributed by atoms with Crippen molar-refractivity contribution in [1.82, 2.24) is 9.88 Å². The van der Waals surface area contributed by atoms with Crippen LogP contribution in [0, 0.1) is 12.7 Å². The molecule has 4 nitrogen and oxygen atoms in total. The smallest absolute Gasteiger partial charge is 0.0402 e. The maximum absolute atomic E-state index is 7.57. The molecule has 0 amide bonds. The van der Waals surface area contributed by atoms with Crippen LogP contribution in [-0.2, 0) is 20.1 Å². The Morgan fingerprint density at radius 1 is 1.00 bits per heavy atom. The van der Waals surface area contributed by atoms with E-state index in [1.54, 1.807) is 19.3 Å². The summed E-state index contributed by atoms with van der Waals surface area (Å²) < 4.78 is 0. The summed E-state index contributed by atoms with van der Waals surface area (Å²) in [6, 6.07) is 16.8. The Balaban J connectivity index is -0.000000322. The maximum Gasteiger partial charge on any atom is 0.0402 e. The first-order chi connectivity index (χ1) is 12.3. The molecule has 0 atom stereocenters. The summed E-state index contributed by atoms with van der Waals surface area (Å²) in [7, 11) is 2.00. The fourth-order valence-corrected chi connectivity index (χ4v) is 1.45. The molecule has 2 heterocycles. The molecular weight excluding hydrogens is 502 g/mol. The monoisotopic (exact) mass is 536 g/mol. The molecule has 1 aromatic carbocycles. The van der Waals surface area contributed by atoms with Crippen LogP contribution >= 0.6 is 0 Å². The molecule has 1 aliphatic heterocycles. The second kappa shape index (κ2) is 23.3. The van der Waals surface area contributed by atoms with Crippen molar-refractivity contribution in [2.45, 2.75) is 34.6 Å². The quantitative estimate of drug-likeness (QED) is 0.524. The molecular formula is C21H33IrN3O-2. The molecule has 1 aliphatic rings. The molecule has 0 aliphatic carbocycles. The zero-order valence-corrected chi connectivity index (χ0v) is 19.2. The van der Waals surface area contributed by atoms with E-state index in [1.807, 2.05) is 106 Å². The van der Waals surface area contributed by atoms with Gasteiger partial charge in [0, 0.05) is 39.1 Å². The van der Waals surface area contributed by atoms with Crippen LogP contribution in [0.5, 0.6) is 0 Å². The maximum atomic E-state index is 7.57. The first kappa shape index (κ1) is 29.1. The fourth-order valence-electron chi connectivity index (χ4n) is 1.45. The first-order valence-electron chi connectivity index (χ1n) is 8.74. The molecule has 0 fully saturated rings. The van der Waals surface area contributed by atoms with Gasteiger partial charge in [-0.25, -0.2) is 0 Å². The third kappa shape index (κ3) is 15.8. The molecule has 0 spiro atoms. The summed E-state index contributed by atoms with van der Waals surface area (Å²) in [5.41, 5.74) is 1.07. The van der Waals surface area contributed by atoms with Gasteiger partial charge in [0.15, 0.2) is 0 Å². The van der Waals surface area contributed by atoms with E-state index in [9.17, 15) is 0 Å². The SMILES string of the molecule is CC.CC.CCO.CN1C=CN(c2[c-]cccc2)[CH-]1.[Ir].c1ccncc1. The van der Waals surface area contributed by atoms with Crippen LogP contribution in [0.2, 0.25) is 0 Å². The van der Waals surface area contributed by atoms with E-state index in [2.05, 4.69) is 11.1 Å². The Morgan fingerprint density at radius 2 is 1.58 bits per heavy atom. The van der Waals surface area contributed by atoms with Crippen molar-refractivity contribution in [3.05, 3.63) is 80.0 Å². The average molecular weight is 536 g/mol. The van der Waals surface area contributed by atoms with E-state index in [1.165, 1.54) is 0 Å². The Morgan fingerprint density at radius 3 is 1.88 bits per heavy atom. The molecule has 5 heteroatoms. The summed E-state index contributed by atoms with van der Waals surface area (Å²) in [4.78, 5) is 7.81. The minimum Gasteiger partial charge on any atom is -0.510 e. The minimum atomic E-state index is 0. The van der Waals surface area contributed by atoms with Crippen molar-refractivity contribution < 1.29 is 25.2 Å². The van der Waals surface area contributed by atoms with Crippen molar-refractivity contribution in [3.8, 4) is 0 Å². The molecule has 3 rings (SSSR count). The van der Waals surface area contributed by atoms with Gasteiger partial charge in [0.05, 0.1) is 0 Å². The number of aliphatic hydroxyl groups is 1. The zero-order valence-electron chi connectivity index (χ0n) is 16.8. The van der Waals surface area contributed by atoms with E-state index in [4.69, 9.17) is 5.11 Å². The number of anilines is 1. The molecule has 0 bridgehead atoms. The number of para-hydroxylation sites is 1. The Bertz CT molecular complexity index is 468. The van der Waals surface area contributed by atoms with Crippen LogP contribution in [0.25, 0.3) is 0 Å². The number of nitrogens with zero attached hydrogens (tertiary/aromatic N) is 3. The van der Waals surface area contributed by atoms with Crippen LogP contribution < -0.4 is 4.90 Å². The van der Waals surface area contributed by atoms with Crippen molar-refractivity contribution in [2.24, 2.45) is 0 Å². The van der Waals surface area contributed by atoms with Gasteiger partial charge in [-0.2, -0.15) is 37.0 Å². The molecule has 0 saturated carbocycles. The van der Waals surface area contributed by atoms with Gasteiger partial charge < -0.3 is 14.9 Å². The second-order valence-corrected chi connectivity index (χ2v) is 4.07. The third-order valence-electron chi connectivity index (χ3n) is 2.31. The Hall–Kier alpha value is -1.68. The average Bonchev–Trinajstić information content (AvgIpc) is 3.15. The van der Waals surface area contributed by atoms with Crippen LogP contribution in [0.1, 0.15) is 34.6 Å². The van der Waals surface area contributed by atoms with E-state index >= 15 is 0 Å². The molecule has 1 aromatic heterocycles. The molecule has 1 radical (unpaired) electrons. The van der Waals surface area contributed by atoms with Gasteiger partial charge in [-0.05, 0) is 38.5 Å². The molecule has 0 saturated heterocycles. The second-order valence-electron chi connectivity index (χ2n) is 4.07. The van der Waals surface area contributed by atoms with Crippen molar-refractivity contribution >= 4 is 5.69 Å². The minimum absolute atomic E-state index is 0. The van der Waals surface area contributed by atoms with E-state index in [0.717, 1.165) is 5.69 Å². The van der Waals surface area contributed by atoms with Gasteiger partial charge in [-0.3, -0.25) is 4.98 Å². The summed E-state index contributed by atoms with van der Waals surface area (Å²) in [5, 5.41) is 7.57. The summed E-state index contributed by atoms with van der Waals surface area (Å²) in [6.07, 6.45) is 7.51. The standard InChI is InChI=1S/C10H10N2.C5H5N.C2H6O.2C2H6.Ir/c1-11-7-8-12(9-11)10-5-3-2-4-6-10;1-2-4-6-5-3-1;1-2-3;2*1-2;/h2-5,7-9H,1H3;1-5H;3H,2H2,1H3;2*1-2H3;/q-2;;;;;. The van der Waals surface area contributed by atoms with Gasteiger partial charge in [0.25, 0.3) is 0 Å². The number of aromatic nitrogens is 1. The van der Waals surface area contributed by atoms with E-state index < -0.39 is 0 Å². The largest absolute Gasteiger partial charge is 0.510 e. The summed E-state index contributed by atoms with van der Waals surface area (Å²) >= 11 is 0. The third-order valence-corrected chi connectivity index (χ3v) is 2.31. The number of pyridine rings is 1. The van der Waals surface area contributed by atoms with Gasteiger partial charge in [0.1, 0.15) is 0 Å². The number of aliphatic hydroxyl groups excluding tert-OH is 1. The fraction of sp³-hybridized carbons (Fsp3) is 0.333. The number of hydrogen-bond acceptors (Lipinski definition) is 4. The van der Waals surface area contributed by atoms with E-state index in [-0.39, 0.29) is 26.7 Å². The first-order valence-corrected chi connectivity index (χ1v) is 8.74. The molecule has 149 valence electrons. The van der Waals surface area contributed by atoms with Gasteiger partial charge in [-0.15, -0.1) is 5.69 Å². The molecule has 1 N–H and O–H groups in total. The normalized spacial score (nSPS) is 10.3. The van der Waals surface area contributed by atoms with Gasteiger partial charge in [-0.1, -0.05) is 33.8 Å². The Kier molecular flexibility index (Phi) is 26.1. The van der Waals surface area contributed by atoms with Crippen LogP contribution in [-0.4, -0.2) is 28.6 Å².